The average molecular weight is 663 g/mol. The Kier molecular flexibility index (Phi) is 19.6. The SMILES string of the molecule is CC(C)C.CC(C)[C@@H](CN1CCC[C@H]1C(=O)N1CCCC1C(=O)NC1CCCCCCC1)N(C)C(=O)CNC=O.CN1CCCCC1. The molecule has 0 bridgehead atoms. The smallest absolute Gasteiger partial charge is 0.243 e. The molecule has 4 amide bonds. The summed E-state index contributed by atoms with van der Waals surface area (Å²) in [5.41, 5.74) is 0. The van der Waals surface area contributed by atoms with E-state index in [1.54, 1.807) is 11.9 Å². The van der Waals surface area contributed by atoms with Gasteiger partial charge < -0.3 is 25.3 Å². The lowest BCUT2D eigenvalue weighted by molar-refractivity contribution is -0.142. The molecule has 0 spiro atoms. The number of piperidine rings is 1. The van der Waals surface area contributed by atoms with E-state index < -0.39 is 0 Å². The number of hydrogen-bond donors (Lipinski definition) is 2. The van der Waals surface area contributed by atoms with Crippen LogP contribution in [0.25, 0.3) is 0 Å². The fourth-order valence-electron chi connectivity index (χ4n) is 7.23. The van der Waals surface area contributed by atoms with Gasteiger partial charge in [-0.25, -0.2) is 0 Å². The predicted molar refractivity (Wildman–Crippen MR) is 191 cm³/mol. The fraction of sp³-hybridized carbons (Fsp3) is 0.892. The maximum absolute atomic E-state index is 13.7. The molecule has 0 aromatic rings. The monoisotopic (exact) mass is 663 g/mol. The summed E-state index contributed by atoms with van der Waals surface area (Å²) in [7, 11) is 3.96. The van der Waals surface area contributed by atoms with Gasteiger partial charge in [0.25, 0.3) is 0 Å². The lowest BCUT2D eigenvalue weighted by atomic mass is 9.96. The molecular weight excluding hydrogens is 592 g/mol. The Balaban J connectivity index is 0.000000592. The molecule has 3 saturated heterocycles. The van der Waals surface area contributed by atoms with E-state index in [1.165, 1.54) is 51.6 Å². The Morgan fingerprint density at radius 3 is 1.87 bits per heavy atom. The molecule has 47 heavy (non-hydrogen) atoms. The second-order valence-corrected chi connectivity index (χ2v) is 15.3. The first-order valence-corrected chi connectivity index (χ1v) is 18.9. The summed E-state index contributed by atoms with van der Waals surface area (Å²) >= 11 is 0. The summed E-state index contributed by atoms with van der Waals surface area (Å²) in [4.78, 5) is 58.2. The molecule has 3 atom stereocenters. The second-order valence-electron chi connectivity index (χ2n) is 15.3. The molecule has 4 aliphatic rings. The van der Waals surface area contributed by atoms with E-state index in [1.807, 2.05) is 4.90 Å². The van der Waals surface area contributed by atoms with Crippen LogP contribution in [0.4, 0.5) is 0 Å². The third-order valence-corrected chi connectivity index (χ3v) is 9.94. The fourth-order valence-corrected chi connectivity index (χ4v) is 7.23. The van der Waals surface area contributed by atoms with Gasteiger partial charge in [-0.15, -0.1) is 0 Å². The van der Waals surface area contributed by atoms with Gasteiger partial charge in [-0.1, -0.05) is 73.1 Å². The number of rotatable bonds is 10. The Morgan fingerprint density at radius 1 is 0.766 bits per heavy atom. The highest BCUT2D eigenvalue weighted by atomic mass is 16.2. The van der Waals surface area contributed by atoms with Crippen LogP contribution in [0.5, 0.6) is 0 Å². The molecule has 1 aliphatic carbocycles. The van der Waals surface area contributed by atoms with Crippen molar-refractivity contribution < 1.29 is 19.2 Å². The van der Waals surface area contributed by atoms with Crippen molar-refractivity contribution in [1.82, 2.24) is 30.2 Å². The van der Waals surface area contributed by atoms with Crippen LogP contribution in [-0.2, 0) is 19.2 Å². The van der Waals surface area contributed by atoms with Gasteiger partial charge in [0.2, 0.25) is 24.1 Å². The van der Waals surface area contributed by atoms with Crippen molar-refractivity contribution in [2.45, 2.75) is 149 Å². The normalized spacial score (nSPS) is 23.5. The molecular formula is C37H70N6O4. The van der Waals surface area contributed by atoms with Crippen LogP contribution in [0.2, 0.25) is 0 Å². The molecule has 0 aromatic carbocycles. The maximum atomic E-state index is 13.7. The van der Waals surface area contributed by atoms with Crippen LogP contribution in [-0.4, -0.2) is 121 Å². The summed E-state index contributed by atoms with van der Waals surface area (Å²) in [6.07, 6.45) is 16.3. The van der Waals surface area contributed by atoms with Gasteiger partial charge in [0.05, 0.1) is 12.6 Å². The first-order valence-electron chi connectivity index (χ1n) is 18.9. The Bertz CT molecular complexity index is 914. The average Bonchev–Trinajstić information content (AvgIpc) is 3.70. The zero-order chi connectivity index (χ0) is 34.8. The molecule has 0 radical (unpaired) electrons. The third-order valence-electron chi connectivity index (χ3n) is 9.94. The number of amides is 4. The lowest BCUT2D eigenvalue weighted by Crippen LogP contribution is -2.55. The first-order chi connectivity index (χ1) is 22.5. The number of nitrogens with one attached hydrogen (secondary N) is 2. The molecule has 0 aromatic heterocycles. The van der Waals surface area contributed by atoms with Crippen LogP contribution in [0.3, 0.4) is 0 Å². The molecule has 4 fully saturated rings. The number of likely N-dealkylation sites (N-methyl/N-ethyl adjacent to an activating group) is 1. The molecule has 10 nitrogen and oxygen atoms in total. The molecule has 3 heterocycles. The van der Waals surface area contributed by atoms with Crippen molar-refractivity contribution in [3.8, 4) is 0 Å². The zero-order valence-corrected chi connectivity index (χ0v) is 31.1. The highest BCUT2D eigenvalue weighted by Gasteiger charge is 2.42. The molecule has 1 unspecified atom stereocenters. The van der Waals surface area contributed by atoms with Crippen LogP contribution < -0.4 is 10.6 Å². The van der Waals surface area contributed by atoms with Crippen LogP contribution in [0.15, 0.2) is 0 Å². The largest absolute Gasteiger partial charge is 0.352 e. The van der Waals surface area contributed by atoms with Gasteiger partial charge in [-0.3, -0.25) is 24.1 Å². The van der Waals surface area contributed by atoms with Gasteiger partial charge in [-0.2, -0.15) is 0 Å². The maximum Gasteiger partial charge on any atom is 0.243 e. The molecule has 4 rings (SSSR count). The molecule has 2 N–H and O–H groups in total. The van der Waals surface area contributed by atoms with E-state index in [0.29, 0.717) is 19.5 Å². The van der Waals surface area contributed by atoms with Gasteiger partial charge in [0.1, 0.15) is 6.04 Å². The van der Waals surface area contributed by atoms with Crippen molar-refractivity contribution in [3.05, 3.63) is 0 Å². The second kappa shape index (κ2) is 22.4. The quantitative estimate of drug-likeness (QED) is 0.330. The van der Waals surface area contributed by atoms with Crippen LogP contribution >= 0.6 is 0 Å². The van der Waals surface area contributed by atoms with Crippen molar-refractivity contribution in [2.75, 3.05) is 53.4 Å². The van der Waals surface area contributed by atoms with E-state index in [9.17, 15) is 19.2 Å². The van der Waals surface area contributed by atoms with Gasteiger partial charge in [-0.05, 0) is 89.9 Å². The van der Waals surface area contributed by atoms with Crippen LogP contribution in [0.1, 0.15) is 125 Å². The summed E-state index contributed by atoms with van der Waals surface area (Å²) in [6.45, 7) is 15.3. The predicted octanol–water partition coefficient (Wildman–Crippen LogP) is 4.66. The third kappa shape index (κ3) is 14.8. The first kappa shape index (κ1) is 41.0. The summed E-state index contributed by atoms with van der Waals surface area (Å²) in [6, 6.07) is -0.467. The van der Waals surface area contributed by atoms with Gasteiger partial charge in [0, 0.05) is 32.2 Å². The standard InChI is InChI=1S/C27H47N5O4.C6H13N.C4H10/c1-20(2)24(30(3)25(34)17-28-19-33)18-31-15-9-14-23(31)27(36)32-16-10-13-22(32)26(35)29-21-11-7-5-4-6-8-12-21;1-7-5-3-2-4-6-7;1-4(2)3/h19-24H,4-18H2,1-3H3,(H,28,33)(H,29,35);2-6H2,1H3;4H,1-3H3/t22?,23-,24+;;/m0../s1. The summed E-state index contributed by atoms with van der Waals surface area (Å²) in [5.74, 6) is 0.958. The molecule has 3 aliphatic heterocycles. The Labute approximate surface area is 287 Å². The zero-order valence-electron chi connectivity index (χ0n) is 31.1. The number of carbonyl (C=O) groups is 4. The minimum atomic E-state index is -0.370. The van der Waals surface area contributed by atoms with Crippen LogP contribution in [0, 0.1) is 11.8 Å². The molecule has 1 saturated carbocycles. The Hall–Kier alpha value is -2.20. The number of likely N-dealkylation sites (tertiary alicyclic amines) is 3. The highest BCUT2D eigenvalue weighted by Crippen LogP contribution is 2.27. The molecule has 272 valence electrons. The van der Waals surface area contributed by atoms with Crippen molar-refractivity contribution in [3.63, 3.8) is 0 Å². The number of hydrogen-bond acceptors (Lipinski definition) is 6. The lowest BCUT2D eigenvalue weighted by Gasteiger charge is -2.37. The van der Waals surface area contributed by atoms with E-state index in [-0.39, 0.29) is 54.4 Å². The minimum Gasteiger partial charge on any atom is -0.352 e. The minimum absolute atomic E-state index is 0.0176. The Morgan fingerprint density at radius 2 is 1.32 bits per heavy atom. The topological polar surface area (TPSA) is 105 Å². The van der Waals surface area contributed by atoms with E-state index in [0.717, 1.165) is 63.8 Å². The van der Waals surface area contributed by atoms with E-state index in [2.05, 4.69) is 62.1 Å². The summed E-state index contributed by atoms with van der Waals surface area (Å²) in [5, 5.41) is 5.73. The van der Waals surface area contributed by atoms with E-state index in [4.69, 9.17) is 0 Å². The van der Waals surface area contributed by atoms with E-state index >= 15 is 0 Å². The summed E-state index contributed by atoms with van der Waals surface area (Å²) < 4.78 is 0. The van der Waals surface area contributed by atoms with Crippen molar-refractivity contribution in [1.29, 1.82) is 0 Å². The molecule has 10 heteroatoms. The highest BCUT2D eigenvalue weighted by molar-refractivity contribution is 5.90. The van der Waals surface area contributed by atoms with Crippen molar-refractivity contribution >= 4 is 24.1 Å². The van der Waals surface area contributed by atoms with Gasteiger partial charge in [0.15, 0.2) is 0 Å². The number of nitrogens with zero attached hydrogens (tertiary/aromatic N) is 4. The van der Waals surface area contributed by atoms with Crippen molar-refractivity contribution in [2.24, 2.45) is 11.8 Å². The number of carbonyl (C=O) groups excluding carboxylic acids is 4. The van der Waals surface area contributed by atoms with Gasteiger partial charge >= 0.3 is 0 Å².